The van der Waals surface area contributed by atoms with E-state index in [1.54, 1.807) is 0 Å². The van der Waals surface area contributed by atoms with E-state index >= 15 is 0 Å². The van der Waals surface area contributed by atoms with Gasteiger partial charge in [0.25, 0.3) is 5.56 Å². The fraction of sp³-hybridized carbons (Fsp3) is 0.667. The first kappa shape index (κ1) is 13.7. The molecule has 1 fully saturated rings. The van der Waals surface area contributed by atoms with Crippen LogP contribution in [0.5, 0.6) is 0 Å². The molecule has 7 nitrogen and oxygen atoms in total. The number of H-pyrrole nitrogens is 1. The van der Waals surface area contributed by atoms with Crippen LogP contribution in [0.1, 0.15) is 32.6 Å². The lowest BCUT2D eigenvalue weighted by Gasteiger charge is -2.28. The molecular weight excluding hydrogens is 246 g/mol. The molecule has 7 heteroatoms. The molecule has 0 amide bonds. The van der Waals surface area contributed by atoms with E-state index < -0.39 is 11.2 Å². The van der Waals surface area contributed by atoms with Crippen LogP contribution in [0.15, 0.2) is 9.59 Å². The molecule has 1 saturated heterocycles. The van der Waals surface area contributed by atoms with Gasteiger partial charge in [0.15, 0.2) is 5.69 Å². The number of hydrogen-bond donors (Lipinski definition) is 3. The third kappa shape index (κ3) is 2.98. The van der Waals surface area contributed by atoms with Gasteiger partial charge in [-0.1, -0.05) is 13.3 Å². The van der Waals surface area contributed by atoms with Crippen molar-refractivity contribution in [2.45, 2.75) is 39.2 Å². The van der Waals surface area contributed by atoms with E-state index in [2.05, 4.69) is 10.4 Å². The number of nitrogen functional groups attached to an aromatic ring is 1. The summed E-state index contributed by atoms with van der Waals surface area (Å²) in [5.74, 6) is 0.209. The van der Waals surface area contributed by atoms with Crippen molar-refractivity contribution in [1.82, 2.24) is 14.6 Å². The third-order valence-corrected chi connectivity index (χ3v) is 3.31. The van der Waals surface area contributed by atoms with E-state index in [1.807, 2.05) is 11.9 Å². The van der Waals surface area contributed by atoms with Crippen LogP contribution in [0.25, 0.3) is 0 Å². The molecule has 106 valence electrons. The second-order valence-corrected chi connectivity index (χ2v) is 4.83. The molecule has 1 aliphatic heterocycles. The Bertz CT molecular complexity index is 542. The lowest BCUT2D eigenvalue weighted by Crippen LogP contribution is -2.40. The lowest BCUT2D eigenvalue weighted by molar-refractivity contribution is 0.273. The zero-order valence-corrected chi connectivity index (χ0v) is 11.2. The Labute approximate surface area is 111 Å². The largest absolute Gasteiger partial charge is 0.383 e. The third-order valence-electron chi connectivity index (χ3n) is 3.31. The topological polar surface area (TPSA) is 96.2 Å². The maximum absolute atomic E-state index is 11.9. The Balaban J connectivity index is 2.30. The van der Waals surface area contributed by atoms with Gasteiger partial charge in [0.1, 0.15) is 5.82 Å². The average molecular weight is 267 g/mol. The predicted molar refractivity (Wildman–Crippen MR) is 75.1 cm³/mol. The summed E-state index contributed by atoms with van der Waals surface area (Å²) in [5.41, 5.74) is 8.36. The summed E-state index contributed by atoms with van der Waals surface area (Å²) in [4.78, 5) is 25.8. The second kappa shape index (κ2) is 5.92. The quantitative estimate of drug-likeness (QED) is 0.731. The van der Waals surface area contributed by atoms with Crippen molar-refractivity contribution in [3.8, 4) is 0 Å². The summed E-state index contributed by atoms with van der Waals surface area (Å²) in [6.07, 6.45) is 4.18. The number of nitrogens with two attached hydrogens (primary N) is 1. The number of hydrazine groups is 1. The molecule has 4 N–H and O–H groups in total. The summed E-state index contributed by atoms with van der Waals surface area (Å²) in [6, 6.07) is 0. The Hall–Kier alpha value is -1.76. The lowest BCUT2D eigenvalue weighted by atomic mass is 10.2. The molecule has 0 bridgehead atoms. The van der Waals surface area contributed by atoms with Gasteiger partial charge in [-0.25, -0.2) is 9.80 Å². The molecular formula is C12H21N5O2. The molecule has 1 aromatic rings. The fourth-order valence-electron chi connectivity index (χ4n) is 2.31. The number of rotatable bonds is 4. The minimum absolute atomic E-state index is 0.209. The zero-order valence-electron chi connectivity index (χ0n) is 11.2. The molecule has 0 atom stereocenters. The van der Waals surface area contributed by atoms with Crippen LogP contribution in [0.3, 0.4) is 0 Å². The minimum Gasteiger partial charge on any atom is -0.383 e. The second-order valence-electron chi connectivity index (χ2n) is 4.83. The molecule has 1 aliphatic rings. The number of aromatic amines is 1. The van der Waals surface area contributed by atoms with Crippen LogP contribution in [-0.2, 0) is 6.54 Å². The van der Waals surface area contributed by atoms with E-state index in [9.17, 15) is 9.59 Å². The van der Waals surface area contributed by atoms with E-state index in [4.69, 9.17) is 5.73 Å². The van der Waals surface area contributed by atoms with Crippen LogP contribution in [0.4, 0.5) is 11.5 Å². The Kier molecular flexibility index (Phi) is 4.26. The number of nitrogens with one attached hydrogen (secondary N) is 2. The maximum atomic E-state index is 11.9. The van der Waals surface area contributed by atoms with Gasteiger partial charge in [-0.3, -0.25) is 14.3 Å². The predicted octanol–water partition coefficient (Wildman–Crippen LogP) is 0.342. The van der Waals surface area contributed by atoms with Gasteiger partial charge in [-0.15, -0.1) is 0 Å². The van der Waals surface area contributed by atoms with Crippen molar-refractivity contribution >= 4 is 11.5 Å². The van der Waals surface area contributed by atoms with E-state index in [1.165, 1.54) is 11.0 Å². The summed E-state index contributed by atoms with van der Waals surface area (Å²) < 4.78 is 1.40. The number of piperidine rings is 1. The van der Waals surface area contributed by atoms with Gasteiger partial charge in [0.2, 0.25) is 0 Å². The van der Waals surface area contributed by atoms with Gasteiger partial charge >= 0.3 is 5.69 Å². The Morgan fingerprint density at radius 2 is 1.95 bits per heavy atom. The molecule has 0 spiro atoms. The first-order valence-corrected chi connectivity index (χ1v) is 6.77. The molecule has 0 saturated carbocycles. The standard InChI is InChI=1S/C12H21N5O2/c1-2-6-17-10(13)9(11(18)14-12(17)19)15-16-7-4-3-5-8-16/h15H,2-8,13H2,1H3,(H,14,18,19). The monoisotopic (exact) mass is 267 g/mol. The Morgan fingerprint density at radius 1 is 1.26 bits per heavy atom. The van der Waals surface area contributed by atoms with Crippen LogP contribution >= 0.6 is 0 Å². The number of nitrogens with zero attached hydrogens (tertiary/aromatic N) is 2. The van der Waals surface area contributed by atoms with Crippen molar-refractivity contribution in [3.05, 3.63) is 20.8 Å². The van der Waals surface area contributed by atoms with Crippen molar-refractivity contribution < 1.29 is 0 Å². The van der Waals surface area contributed by atoms with Gasteiger partial charge in [-0.05, 0) is 19.3 Å². The first-order valence-electron chi connectivity index (χ1n) is 6.77. The van der Waals surface area contributed by atoms with Gasteiger partial charge in [0.05, 0.1) is 0 Å². The van der Waals surface area contributed by atoms with E-state index in [0.717, 1.165) is 32.4 Å². The normalized spacial score (nSPS) is 16.5. The number of anilines is 2. The number of hydrogen-bond acceptors (Lipinski definition) is 5. The summed E-state index contributed by atoms with van der Waals surface area (Å²) in [6.45, 7) is 4.21. The van der Waals surface area contributed by atoms with Crippen molar-refractivity contribution in [1.29, 1.82) is 0 Å². The zero-order chi connectivity index (χ0) is 13.8. The van der Waals surface area contributed by atoms with Crippen LogP contribution < -0.4 is 22.4 Å². The highest BCUT2D eigenvalue weighted by Crippen LogP contribution is 2.14. The van der Waals surface area contributed by atoms with E-state index in [0.29, 0.717) is 6.54 Å². The molecule has 0 aliphatic carbocycles. The van der Waals surface area contributed by atoms with Gasteiger partial charge < -0.3 is 11.2 Å². The molecule has 1 aromatic heterocycles. The first-order chi connectivity index (χ1) is 9.13. The highest BCUT2D eigenvalue weighted by molar-refractivity contribution is 5.59. The smallest absolute Gasteiger partial charge is 0.330 e. The molecule has 0 radical (unpaired) electrons. The summed E-state index contributed by atoms with van der Waals surface area (Å²) in [5, 5.41) is 1.98. The van der Waals surface area contributed by atoms with Gasteiger partial charge in [0, 0.05) is 19.6 Å². The highest BCUT2D eigenvalue weighted by Gasteiger charge is 2.16. The summed E-state index contributed by atoms with van der Waals surface area (Å²) >= 11 is 0. The average Bonchev–Trinajstić information content (AvgIpc) is 2.41. The van der Waals surface area contributed by atoms with Crippen molar-refractivity contribution in [3.63, 3.8) is 0 Å². The molecule has 0 unspecified atom stereocenters. The molecule has 0 aromatic carbocycles. The number of aromatic nitrogens is 2. The van der Waals surface area contributed by atoms with Crippen LogP contribution in [-0.4, -0.2) is 27.6 Å². The van der Waals surface area contributed by atoms with Crippen LogP contribution in [0.2, 0.25) is 0 Å². The SMILES string of the molecule is CCCn1c(N)c(NN2CCCCC2)c(=O)[nH]c1=O. The van der Waals surface area contributed by atoms with Gasteiger partial charge in [-0.2, -0.15) is 0 Å². The molecule has 2 heterocycles. The van der Waals surface area contributed by atoms with Crippen LogP contribution in [0, 0.1) is 0 Å². The minimum atomic E-state index is -0.458. The highest BCUT2D eigenvalue weighted by atomic mass is 16.2. The molecule has 19 heavy (non-hydrogen) atoms. The van der Waals surface area contributed by atoms with Crippen molar-refractivity contribution in [2.24, 2.45) is 0 Å². The van der Waals surface area contributed by atoms with Crippen molar-refractivity contribution in [2.75, 3.05) is 24.2 Å². The maximum Gasteiger partial charge on any atom is 0.330 e. The molecule has 2 rings (SSSR count). The summed E-state index contributed by atoms with van der Waals surface area (Å²) in [7, 11) is 0. The van der Waals surface area contributed by atoms with E-state index in [-0.39, 0.29) is 11.5 Å². The fourth-order valence-corrected chi connectivity index (χ4v) is 2.31. The Morgan fingerprint density at radius 3 is 2.58 bits per heavy atom.